The molecule has 1 N–H and O–H groups in total. The van der Waals surface area contributed by atoms with Crippen LogP contribution in [0, 0.1) is 0 Å². The Balaban J connectivity index is 1.12. The highest BCUT2D eigenvalue weighted by molar-refractivity contribution is 5.83. The van der Waals surface area contributed by atoms with Crippen LogP contribution in [-0.2, 0) is 13.0 Å². The molecule has 2 aromatic carbocycles. The third-order valence-corrected chi connectivity index (χ3v) is 6.35. The molecular weight excluding hydrogens is 386 g/mol. The topological polar surface area (TPSA) is 50.5 Å². The number of pyridine rings is 1. The number of piperidine rings is 1. The Hall–Kier alpha value is -2.89. The molecule has 1 saturated heterocycles. The highest BCUT2D eigenvalue weighted by Crippen LogP contribution is 2.23. The predicted octanol–water partition coefficient (Wildman–Crippen LogP) is 4.79. The van der Waals surface area contributed by atoms with Crippen LogP contribution in [0.5, 0.6) is 5.75 Å². The van der Waals surface area contributed by atoms with Gasteiger partial charge in [0.15, 0.2) is 0 Å². The SMILES string of the molecule is COc1cnc2cccc(CCN3CCC(NCc4cc5ccccc5o4)CC3)c2c1. The molecule has 0 spiro atoms. The molecule has 0 aliphatic carbocycles. The minimum Gasteiger partial charge on any atom is -0.495 e. The Kier molecular flexibility index (Phi) is 5.87. The van der Waals surface area contributed by atoms with Crippen LogP contribution in [0.2, 0.25) is 0 Å². The number of benzene rings is 2. The number of likely N-dealkylation sites (tertiary alicyclic amines) is 1. The van der Waals surface area contributed by atoms with E-state index < -0.39 is 0 Å². The Labute approximate surface area is 183 Å². The summed E-state index contributed by atoms with van der Waals surface area (Å²) in [6, 6.07) is 19.4. The smallest absolute Gasteiger partial charge is 0.137 e. The zero-order valence-corrected chi connectivity index (χ0v) is 18.0. The van der Waals surface area contributed by atoms with E-state index in [1.54, 1.807) is 13.3 Å². The summed E-state index contributed by atoms with van der Waals surface area (Å²) in [5.74, 6) is 1.83. The third-order valence-electron chi connectivity index (χ3n) is 6.35. The number of ether oxygens (including phenoxy) is 1. The lowest BCUT2D eigenvalue weighted by Gasteiger charge is -2.32. The molecule has 3 heterocycles. The lowest BCUT2D eigenvalue weighted by atomic mass is 10.0. The Bertz CT molecular complexity index is 1130. The van der Waals surface area contributed by atoms with Gasteiger partial charge in [-0.25, -0.2) is 0 Å². The van der Waals surface area contributed by atoms with Crippen molar-refractivity contribution in [2.45, 2.75) is 31.8 Å². The number of rotatable bonds is 7. The van der Waals surface area contributed by atoms with Gasteiger partial charge in [0.25, 0.3) is 0 Å². The normalized spacial score (nSPS) is 15.6. The second-order valence-electron chi connectivity index (χ2n) is 8.36. The fraction of sp³-hybridized carbons (Fsp3) is 0.346. The first-order chi connectivity index (χ1) is 15.3. The van der Waals surface area contributed by atoms with E-state index in [4.69, 9.17) is 9.15 Å². The quantitative estimate of drug-likeness (QED) is 0.470. The van der Waals surface area contributed by atoms with E-state index in [0.717, 1.165) is 55.2 Å². The molecule has 0 bridgehead atoms. The van der Waals surface area contributed by atoms with Crippen molar-refractivity contribution in [1.82, 2.24) is 15.2 Å². The molecule has 0 saturated carbocycles. The standard InChI is InChI=1S/C26H29N3O2/c1-30-22-16-24-19(6-4-7-25(24)28-17-22)9-12-29-13-10-21(11-14-29)27-18-23-15-20-5-2-3-8-26(20)31-23/h2-8,15-17,21,27H,9-14,18H2,1H3. The molecule has 5 heteroatoms. The maximum absolute atomic E-state index is 5.93. The minimum absolute atomic E-state index is 0.551. The van der Waals surface area contributed by atoms with Crippen molar-refractivity contribution in [3.05, 3.63) is 72.1 Å². The van der Waals surface area contributed by atoms with Gasteiger partial charge in [-0.1, -0.05) is 30.3 Å². The molecule has 31 heavy (non-hydrogen) atoms. The lowest BCUT2D eigenvalue weighted by Crippen LogP contribution is -2.42. The van der Waals surface area contributed by atoms with Crippen molar-refractivity contribution in [2.75, 3.05) is 26.7 Å². The molecule has 0 unspecified atom stereocenters. The lowest BCUT2D eigenvalue weighted by molar-refractivity contribution is 0.198. The first-order valence-corrected chi connectivity index (χ1v) is 11.1. The van der Waals surface area contributed by atoms with E-state index in [-0.39, 0.29) is 0 Å². The monoisotopic (exact) mass is 415 g/mol. The summed E-state index contributed by atoms with van der Waals surface area (Å²) in [6.45, 7) is 4.13. The summed E-state index contributed by atoms with van der Waals surface area (Å²) in [7, 11) is 1.69. The number of furan rings is 1. The van der Waals surface area contributed by atoms with Gasteiger partial charge < -0.3 is 19.4 Å². The zero-order chi connectivity index (χ0) is 21.0. The fourth-order valence-electron chi connectivity index (χ4n) is 4.53. The van der Waals surface area contributed by atoms with Gasteiger partial charge in [-0.2, -0.15) is 0 Å². The second-order valence-corrected chi connectivity index (χ2v) is 8.36. The van der Waals surface area contributed by atoms with E-state index in [1.165, 1.54) is 29.2 Å². The van der Waals surface area contributed by atoms with Gasteiger partial charge in [0.2, 0.25) is 0 Å². The van der Waals surface area contributed by atoms with Crippen LogP contribution >= 0.6 is 0 Å². The molecular formula is C26H29N3O2. The summed E-state index contributed by atoms with van der Waals surface area (Å²) < 4.78 is 11.3. The fourth-order valence-corrected chi connectivity index (χ4v) is 4.53. The van der Waals surface area contributed by atoms with Crippen molar-refractivity contribution in [1.29, 1.82) is 0 Å². The second kappa shape index (κ2) is 9.08. The average Bonchev–Trinajstić information content (AvgIpc) is 3.25. The average molecular weight is 416 g/mol. The summed E-state index contributed by atoms with van der Waals surface area (Å²) in [5, 5.41) is 6.06. The number of fused-ring (bicyclic) bond motifs is 2. The van der Waals surface area contributed by atoms with Crippen LogP contribution in [-0.4, -0.2) is 42.7 Å². The largest absolute Gasteiger partial charge is 0.495 e. The number of nitrogens with zero attached hydrogens (tertiary/aromatic N) is 2. The first kappa shape index (κ1) is 20.0. The van der Waals surface area contributed by atoms with Crippen molar-refractivity contribution in [2.24, 2.45) is 0 Å². The minimum atomic E-state index is 0.551. The van der Waals surface area contributed by atoms with Crippen LogP contribution in [0.25, 0.3) is 21.9 Å². The van der Waals surface area contributed by atoms with Crippen molar-refractivity contribution in [3.8, 4) is 5.75 Å². The van der Waals surface area contributed by atoms with Crippen LogP contribution < -0.4 is 10.1 Å². The molecule has 1 aliphatic rings. The van der Waals surface area contributed by atoms with Gasteiger partial charge >= 0.3 is 0 Å². The van der Waals surface area contributed by atoms with Crippen molar-refractivity contribution in [3.63, 3.8) is 0 Å². The first-order valence-electron chi connectivity index (χ1n) is 11.1. The van der Waals surface area contributed by atoms with Gasteiger partial charge in [-0.15, -0.1) is 0 Å². The molecule has 0 atom stereocenters. The van der Waals surface area contributed by atoms with Gasteiger partial charge in [0.05, 0.1) is 25.4 Å². The molecule has 5 rings (SSSR count). The molecule has 5 nitrogen and oxygen atoms in total. The molecule has 2 aromatic heterocycles. The summed E-state index contributed by atoms with van der Waals surface area (Å²) >= 11 is 0. The Morgan fingerprint density at radius 3 is 2.81 bits per heavy atom. The summed E-state index contributed by atoms with van der Waals surface area (Å²) in [6.07, 6.45) is 5.16. The highest BCUT2D eigenvalue weighted by Gasteiger charge is 2.19. The number of nitrogens with one attached hydrogen (secondary N) is 1. The number of hydrogen-bond donors (Lipinski definition) is 1. The van der Waals surface area contributed by atoms with Crippen molar-refractivity contribution >= 4 is 21.9 Å². The maximum atomic E-state index is 5.93. The van der Waals surface area contributed by atoms with Gasteiger partial charge in [-0.3, -0.25) is 4.98 Å². The van der Waals surface area contributed by atoms with Crippen LogP contribution in [0.1, 0.15) is 24.2 Å². The van der Waals surface area contributed by atoms with E-state index in [0.29, 0.717) is 6.04 Å². The number of aromatic nitrogens is 1. The third kappa shape index (κ3) is 4.58. The highest BCUT2D eigenvalue weighted by atomic mass is 16.5. The molecule has 4 aromatic rings. The van der Waals surface area contributed by atoms with E-state index >= 15 is 0 Å². The molecule has 0 radical (unpaired) electrons. The summed E-state index contributed by atoms with van der Waals surface area (Å²) in [5.41, 5.74) is 3.34. The van der Waals surface area contributed by atoms with Crippen LogP contribution in [0.15, 0.2) is 65.2 Å². The number of methoxy groups -OCH3 is 1. The molecule has 160 valence electrons. The molecule has 1 fully saturated rings. The van der Waals surface area contributed by atoms with E-state index in [1.807, 2.05) is 12.1 Å². The number of para-hydroxylation sites is 1. The van der Waals surface area contributed by atoms with Crippen LogP contribution in [0.3, 0.4) is 0 Å². The van der Waals surface area contributed by atoms with Crippen LogP contribution in [0.4, 0.5) is 0 Å². The predicted molar refractivity (Wildman–Crippen MR) is 125 cm³/mol. The zero-order valence-electron chi connectivity index (χ0n) is 18.0. The Morgan fingerprint density at radius 1 is 1.10 bits per heavy atom. The van der Waals surface area contributed by atoms with Gasteiger partial charge in [0.1, 0.15) is 17.1 Å². The van der Waals surface area contributed by atoms with E-state index in [9.17, 15) is 0 Å². The molecule has 1 aliphatic heterocycles. The summed E-state index contributed by atoms with van der Waals surface area (Å²) in [4.78, 5) is 7.10. The van der Waals surface area contributed by atoms with Gasteiger partial charge in [0, 0.05) is 23.4 Å². The molecule has 0 amide bonds. The number of hydrogen-bond acceptors (Lipinski definition) is 5. The van der Waals surface area contributed by atoms with E-state index in [2.05, 4.69) is 57.7 Å². The van der Waals surface area contributed by atoms with Crippen molar-refractivity contribution < 1.29 is 9.15 Å². The van der Waals surface area contributed by atoms with Gasteiger partial charge in [-0.05, 0) is 62.2 Å². The maximum Gasteiger partial charge on any atom is 0.137 e. The Morgan fingerprint density at radius 2 is 1.97 bits per heavy atom.